The lowest BCUT2D eigenvalue weighted by molar-refractivity contribution is -0.578. The second-order valence-electron chi connectivity index (χ2n) is 5.79. The van der Waals surface area contributed by atoms with Crippen molar-refractivity contribution in [3.63, 3.8) is 0 Å². The number of benzene rings is 2. The predicted octanol–water partition coefficient (Wildman–Crippen LogP) is 3.55. The monoisotopic (exact) mass is 364 g/mol. The number of hydrogen-bond acceptors (Lipinski definition) is 2. The SMILES string of the molecule is Cc1ccc[n+](C(C(=S)Nc2ccccc2)=C([O-])c2ccc(F)cc2)c1. The minimum atomic E-state index is -0.392. The lowest BCUT2D eigenvalue weighted by atomic mass is 10.1. The van der Waals surface area contributed by atoms with Gasteiger partial charge in [-0.25, -0.2) is 4.39 Å². The number of pyridine rings is 1. The Morgan fingerprint density at radius 2 is 1.69 bits per heavy atom. The molecule has 26 heavy (non-hydrogen) atoms. The van der Waals surface area contributed by atoms with Crippen molar-refractivity contribution in [1.82, 2.24) is 0 Å². The number of anilines is 1. The van der Waals surface area contributed by atoms with Crippen molar-refractivity contribution in [2.75, 3.05) is 5.32 Å². The summed E-state index contributed by atoms with van der Waals surface area (Å²) in [5, 5.41) is 16.2. The number of nitrogens with one attached hydrogen (secondary N) is 1. The molecule has 1 N–H and O–H groups in total. The van der Waals surface area contributed by atoms with E-state index in [1.54, 1.807) is 10.8 Å². The smallest absolute Gasteiger partial charge is 0.238 e. The topological polar surface area (TPSA) is 39.0 Å². The summed E-state index contributed by atoms with van der Waals surface area (Å²) in [6, 6.07) is 18.6. The number of para-hydroxylation sites is 1. The molecule has 0 fully saturated rings. The van der Waals surface area contributed by atoms with Gasteiger partial charge in [0.25, 0.3) is 0 Å². The molecule has 0 saturated heterocycles. The zero-order valence-corrected chi connectivity index (χ0v) is 15.0. The average Bonchev–Trinajstić information content (AvgIpc) is 2.63. The number of aryl methyl sites for hydroxylation is 1. The van der Waals surface area contributed by atoms with Crippen LogP contribution >= 0.6 is 12.2 Å². The molecule has 0 aliphatic carbocycles. The quantitative estimate of drug-likeness (QED) is 0.333. The molecular weight excluding hydrogens is 347 g/mol. The van der Waals surface area contributed by atoms with Crippen LogP contribution in [0.1, 0.15) is 11.1 Å². The summed E-state index contributed by atoms with van der Waals surface area (Å²) in [5.74, 6) is -0.676. The van der Waals surface area contributed by atoms with Gasteiger partial charge in [-0.05, 0) is 48.6 Å². The largest absolute Gasteiger partial charge is 0.867 e. The molecular formula is C21H17FN2OS. The maximum Gasteiger partial charge on any atom is 0.238 e. The van der Waals surface area contributed by atoms with E-state index in [-0.39, 0.29) is 5.76 Å². The summed E-state index contributed by atoms with van der Waals surface area (Å²) >= 11 is 5.52. The number of thiocarbonyl (C=S) groups is 1. The van der Waals surface area contributed by atoms with Crippen molar-refractivity contribution in [2.24, 2.45) is 0 Å². The van der Waals surface area contributed by atoms with Gasteiger partial charge < -0.3 is 10.4 Å². The highest BCUT2D eigenvalue weighted by Gasteiger charge is 2.19. The second kappa shape index (κ2) is 7.89. The van der Waals surface area contributed by atoms with Crippen LogP contribution < -0.4 is 15.0 Å². The van der Waals surface area contributed by atoms with Crippen LogP contribution in [-0.2, 0) is 0 Å². The summed E-state index contributed by atoms with van der Waals surface area (Å²) in [7, 11) is 0. The molecule has 0 aliphatic rings. The first-order chi connectivity index (χ1) is 12.5. The lowest BCUT2D eigenvalue weighted by Gasteiger charge is -2.17. The van der Waals surface area contributed by atoms with Gasteiger partial charge in [-0.15, -0.1) is 0 Å². The van der Waals surface area contributed by atoms with Gasteiger partial charge in [0.2, 0.25) is 5.70 Å². The first kappa shape index (κ1) is 17.8. The molecule has 0 unspecified atom stereocenters. The Kier molecular flexibility index (Phi) is 5.39. The molecule has 0 radical (unpaired) electrons. The Bertz CT molecular complexity index is 953. The van der Waals surface area contributed by atoms with Crippen LogP contribution in [-0.4, -0.2) is 4.99 Å². The van der Waals surface area contributed by atoms with Gasteiger partial charge in [0.15, 0.2) is 17.4 Å². The Morgan fingerprint density at radius 1 is 1.00 bits per heavy atom. The summed E-state index contributed by atoms with van der Waals surface area (Å²) < 4.78 is 14.9. The van der Waals surface area contributed by atoms with E-state index in [1.165, 1.54) is 24.3 Å². The fourth-order valence-corrected chi connectivity index (χ4v) is 2.84. The third kappa shape index (κ3) is 4.13. The minimum absolute atomic E-state index is 0.283. The molecule has 5 heteroatoms. The van der Waals surface area contributed by atoms with Crippen molar-refractivity contribution in [3.05, 3.63) is 96.1 Å². The molecule has 0 spiro atoms. The van der Waals surface area contributed by atoms with Gasteiger partial charge in [-0.1, -0.05) is 42.5 Å². The zero-order chi connectivity index (χ0) is 18.5. The molecule has 0 amide bonds. The lowest BCUT2D eigenvalue weighted by Crippen LogP contribution is -2.40. The second-order valence-corrected chi connectivity index (χ2v) is 6.20. The highest BCUT2D eigenvalue weighted by Crippen LogP contribution is 2.17. The Labute approximate surface area is 157 Å². The van der Waals surface area contributed by atoms with Crippen molar-refractivity contribution in [3.8, 4) is 0 Å². The molecule has 130 valence electrons. The van der Waals surface area contributed by atoms with Crippen LogP contribution in [0.3, 0.4) is 0 Å². The van der Waals surface area contributed by atoms with Gasteiger partial charge >= 0.3 is 0 Å². The van der Waals surface area contributed by atoms with E-state index in [9.17, 15) is 9.50 Å². The molecule has 3 nitrogen and oxygen atoms in total. The van der Waals surface area contributed by atoms with E-state index in [1.807, 2.05) is 55.6 Å². The highest BCUT2D eigenvalue weighted by atomic mass is 32.1. The zero-order valence-electron chi connectivity index (χ0n) is 14.1. The molecule has 1 aromatic heterocycles. The van der Waals surface area contributed by atoms with E-state index in [2.05, 4.69) is 5.32 Å². The van der Waals surface area contributed by atoms with E-state index >= 15 is 0 Å². The molecule has 3 aromatic rings. The van der Waals surface area contributed by atoms with Gasteiger partial charge in [0.05, 0.1) is 0 Å². The van der Waals surface area contributed by atoms with Crippen LogP contribution in [0.2, 0.25) is 0 Å². The fourth-order valence-electron chi connectivity index (χ4n) is 2.52. The van der Waals surface area contributed by atoms with Crippen LogP contribution in [0.4, 0.5) is 10.1 Å². The first-order valence-corrected chi connectivity index (χ1v) is 8.47. The Morgan fingerprint density at radius 3 is 2.35 bits per heavy atom. The third-order valence-electron chi connectivity index (χ3n) is 3.77. The number of aromatic nitrogens is 1. The summed E-state index contributed by atoms with van der Waals surface area (Å²) in [6.07, 6.45) is 3.60. The van der Waals surface area contributed by atoms with E-state index < -0.39 is 5.82 Å². The van der Waals surface area contributed by atoms with E-state index in [4.69, 9.17) is 12.2 Å². The van der Waals surface area contributed by atoms with Crippen LogP contribution in [0.25, 0.3) is 11.5 Å². The van der Waals surface area contributed by atoms with Crippen molar-refractivity contribution >= 4 is 34.3 Å². The van der Waals surface area contributed by atoms with Crippen LogP contribution in [0.15, 0.2) is 79.1 Å². The predicted molar refractivity (Wildman–Crippen MR) is 104 cm³/mol. The average molecular weight is 364 g/mol. The van der Waals surface area contributed by atoms with Crippen LogP contribution in [0.5, 0.6) is 0 Å². The van der Waals surface area contributed by atoms with Crippen LogP contribution in [0, 0.1) is 12.7 Å². The van der Waals surface area contributed by atoms with Gasteiger partial charge in [0.1, 0.15) is 5.82 Å². The van der Waals surface area contributed by atoms with Crippen molar-refractivity contribution in [2.45, 2.75) is 6.92 Å². The summed E-state index contributed by atoms with van der Waals surface area (Å²) in [6.45, 7) is 1.93. The maximum atomic E-state index is 13.2. The standard InChI is InChI=1S/C21H17FN2OS/c1-15-6-5-13-24(14-15)19(20(25)16-9-11-17(22)12-10-16)21(26)23-18-7-3-2-4-8-18/h2-14H,1H3,(H-,23,25,26). The molecule has 0 saturated carbocycles. The minimum Gasteiger partial charge on any atom is -0.867 e. The molecule has 0 bridgehead atoms. The normalized spacial score (nSPS) is 11.6. The molecule has 3 rings (SSSR count). The number of rotatable bonds is 4. The fraction of sp³-hybridized carbons (Fsp3) is 0.0476. The molecule has 2 aromatic carbocycles. The number of nitrogens with zero attached hydrogens (tertiary/aromatic N) is 1. The Balaban J connectivity index is 2.08. The number of hydrogen-bond donors (Lipinski definition) is 1. The van der Waals surface area contributed by atoms with E-state index in [0.717, 1.165) is 11.3 Å². The van der Waals surface area contributed by atoms with Gasteiger partial charge in [-0.3, -0.25) is 0 Å². The molecule has 1 heterocycles. The van der Waals surface area contributed by atoms with Crippen molar-refractivity contribution < 1.29 is 14.1 Å². The van der Waals surface area contributed by atoms with E-state index in [0.29, 0.717) is 16.2 Å². The summed E-state index contributed by atoms with van der Waals surface area (Å²) in [5.41, 5.74) is 2.45. The number of halogens is 1. The highest BCUT2D eigenvalue weighted by molar-refractivity contribution is 7.81. The first-order valence-electron chi connectivity index (χ1n) is 8.06. The molecule has 0 aliphatic heterocycles. The Hall–Kier alpha value is -3.05. The maximum absolute atomic E-state index is 13.2. The van der Waals surface area contributed by atoms with Gasteiger partial charge in [-0.2, -0.15) is 4.57 Å². The van der Waals surface area contributed by atoms with Crippen molar-refractivity contribution in [1.29, 1.82) is 0 Å². The molecule has 0 atom stereocenters. The van der Waals surface area contributed by atoms with Gasteiger partial charge in [0, 0.05) is 17.3 Å². The summed E-state index contributed by atoms with van der Waals surface area (Å²) in [4.78, 5) is 0.293. The third-order valence-corrected chi connectivity index (χ3v) is 4.07.